The molecule has 3 N–H and O–H groups in total. The van der Waals surface area contributed by atoms with Gasteiger partial charge in [-0.3, -0.25) is 9.88 Å². The molecule has 1 aliphatic heterocycles. The quantitative estimate of drug-likeness (QED) is 0.801. The fourth-order valence-corrected chi connectivity index (χ4v) is 2.71. The van der Waals surface area contributed by atoms with Crippen LogP contribution in [0, 0.1) is 0 Å². The van der Waals surface area contributed by atoms with Crippen molar-refractivity contribution in [3.63, 3.8) is 0 Å². The molecule has 2 heterocycles. The third-order valence-electron chi connectivity index (χ3n) is 3.90. The maximum absolute atomic E-state index is 10.5. The second kappa shape index (κ2) is 7.91. The Labute approximate surface area is 145 Å². The summed E-state index contributed by atoms with van der Waals surface area (Å²) in [5.41, 5.74) is 7.67. The van der Waals surface area contributed by atoms with Gasteiger partial charge in [-0.1, -0.05) is 12.1 Å². The molecule has 3 rings (SSSR count). The van der Waals surface area contributed by atoms with Crippen LogP contribution in [0.5, 0.6) is 5.75 Å². The number of nitrogens with two attached hydrogens (primary N) is 1. The molecular weight excluding hydrogens is 324 g/mol. The first-order valence-electron chi connectivity index (χ1n) is 7.95. The Morgan fingerprint density at radius 1 is 1.32 bits per heavy atom. The highest BCUT2D eigenvalue weighted by Gasteiger charge is 2.25. The number of anilines is 1. The van der Waals surface area contributed by atoms with Gasteiger partial charge in [-0.05, 0) is 17.7 Å². The predicted octanol–water partition coefficient (Wildman–Crippen LogP) is 1.10. The summed E-state index contributed by atoms with van der Waals surface area (Å²) in [4.78, 5) is 21.1. The molecule has 25 heavy (non-hydrogen) atoms. The molecule has 0 aliphatic carbocycles. The van der Waals surface area contributed by atoms with Gasteiger partial charge in [-0.2, -0.15) is 0 Å². The first kappa shape index (κ1) is 17.1. The number of aromatic nitrogens is 2. The van der Waals surface area contributed by atoms with Crippen LogP contribution in [0.4, 0.5) is 5.82 Å². The molecule has 1 fully saturated rings. The van der Waals surface area contributed by atoms with Gasteiger partial charge >= 0.3 is 5.97 Å². The number of ether oxygens (including phenoxy) is 2. The third-order valence-corrected chi connectivity index (χ3v) is 3.90. The molecule has 1 atom stereocenters. The number of carbonyl (C=O) groups is 1. The van der Waals surface area contributed by atoms with Crippen LogP contribution >= 0.6 is 0 Å². The van der Waals surface area contributed by atoms with Crippen molar-refractivity contribution < 1.29 is 19.4 Å². The van der Waals surface area contributed by atoms with E-state index in [-0.39, 0.29) is 12.7 Å². The van der Waals surface area contributed by atoms with E-state index in [1.807, 2.05) is 12.1 Å². The SMILES string of the molecule is Nc1nccnc1[C@@H]1CN(Cc2ccc(OCC(=O)O)cc2)CCO1. The van der Waals surface area contributed by atoms with Crippen molar-refractivity contribution in [3.05, 3.63) is 47.9 Å². The Hall–Kier alpha value is -2.71. The number of morpholine rings is 1. The lowest BCUT2D eigenvalue weighted by Crippen LogP contribution is -2.38. The smallest absolute Gasteiger partial charge is 0.341 e. The number of carboxylic acid groups (broad SMARTS) is 1. The molecule has 8 nitrogen and oxygen atoms in total. The van der Waals surface area contributed by atoms with E-state index in [9.17, 15) is 4.79 Å². The Balaban J connectivity index is 1.59. The molecule has 8 heteroatoms. The number of hydrogen-bond acceptors (Lipinski definition) is 7. The molecule has 2 aromatic rings. The van der Waals surface area contributed by atoms with Crippen molar-refractivity contribution >= 4 is 11.8 Å². The van der Waals surface area contributed by atoms with E-state index in [0.29, 0.717) is 30.4 Å². The summed E-state index contributed by atoms with van der Waals surface area (Å²) in [7, 11) is 0. The van der Waals surface area contributed by atoms with Gasteiger partial charge in [0.05, 0.1) is 6.61 Å². The van der Waals surface area contributed by atoms with Gasteiger partial charge in [0.15, 0.2) is 6.61 Å². The second-order valence-electron chi connectivity index (χ2n) is 5.75. The minimum atomic E-state index is -0.994. The Bertz CT molecular complexity index is 723. The maximum atomic E-state index is 10.5. The number of carboxylic acids is 1. The molecule has 0 unspecified atom stereocenters. The van der Waals surface area contributed by atoms with Gasteiger partial charge in [-0.15, -0.1) is 0 Å². The number of nitrogens with zero attached hydrogens (tertiary/aromatic N) is 3. The summed E-state index contributed by atoms with van der Waals surface area (Å²) in [5, 5.41) is 8.62. The molecule has 0 amide bonds. The Morgan fingerprint density at radius 3 is 2.80 bits per heavy atom. The minimum Gasteiger partial charge on any atom is -0.482 e. The largest absolute Gasteiger partial charge is 0.482 e. The van der Waals surface area contributed by atoms with Gasteiger partial charge in [0, 0.05) is 32.0 Å². The van der Waals surface area contributed by atoms with Crippen LogP contribution in [0.1, 0.15) is 17.4 Å². The van der Waals surface area contributed by atoms with E-state index in [1.54, 1.807) is 24.5 Å². The molecule has 1 aromatic heterocycles. The second-order valence-corrected chi connectivity index (χ2v) is 5.75. The maximum Gasteiger partial charge on any atom is 0.341 e. The summed E-state index contributed by atoms with van der Waals surface area (Å²) in [6.45, 7) is 2.50. The fourth-order valence-electron chi connectivity index (χ4n) is 2.71. The summed E-state index contributed by atoms with van der Waals surface area (Å²) < 4.78 is 10.9. The molecule has 1 saturated heterocycles. The van der Waals surface area contributed by atoms with Crippen molar-refractivity contribution in [1.82, 2.24) is 14.9 Å². The van der Waals surface area contributed by atoms with Crippen molar-refractivity contribution in [2.45, 2.75) is 12.6 Å². The standard InChI is InChI=1S/C17H20N4O4/c18-17-16(19-5-6-20-17)14-10-21(7-8-24-14)9-12-1-3-13(4-2-12)25-11-15(22)23/h1-6,14H,7-11H2,(H2,18,20)(H,22,23)/t14-/m0/s1. The molecule has 0 bridgehead atoms. The van der Waals surface area contributed by atoms with E-state index in [2.05, 4.69) is 14.9 Å². The fraction of sp³-hybridized carbons (Fsp3) is 0.353. The average molecular weight is 344 g/mol. The van der Waals surface area contributed by atoms with E-state index in [0.717, 1.165) is 18.7 Å². The molecule has 1 aromatic carbocycles. The number of nitrogen functional groups attached to an aromatic ring is 1. The Kier molecular flexibility index (Phi) is 5.42. The zero-order valence-corrected chi connectivity index (χ0v) is 13.7. The highest BCUT2D eigenvalue weighted by molar-refractivity contribution is 5.68. The first-order valence-corrected chi connectivity index (χ1v) is 7.95. The molecule has 0 spiro atoms. The van der Waals surface area contributed by atoms with E-state index >= 15 is 0 Å². The number of hydrogen-bond donors (Lipinski definition) is 2. The number of benzene rings is 1. The van der Waals surface area contributed by atoms with Crippen LogP contribution in [0.3, 0.4) is 0 Å². The zero-order valence-electron chi connectivity index (χ0n) is 13.7. The zero-order chi connectivity index (χ0) is 17.6. The number of aliphatic carboxylic acids is 1. The van der Waals surface area contributed by atoms with Gasteiger partial charge in [0.2, 0.25) is 0 Å². The first-order chi connectivity index (χ1) is 12.1. The Morgan fingerprint density at radius 2 is 2.08 bits per heavy atom. The molecule has 1 aliphatic rings. The monoisotopic (exact) mass is 344 g/mol. The highest BCUT2D eigenvalue weighted by Crippen LogP contribution is 2.24. The van der Waals surface area contributed by atoms with Crippen LogP contribution in [0.15, 0.2) is 36.7 Å². The summed E-state index contributed by atoms with van der Waals surface area (Å²) in [5.74, 6) is -0.0562. The normalized spacial score (nSPS) is 18.0. The summed E-state index contributed by atoms with van der Waals surface area (Å²) in [6.07, 6.45) is 2.98. The van der Waals surface area contributed by atoms with Crippen molar-refractivity contribution in [2.75, 3.05) is 32.0 Å². The lowest BCUT2D eigenvalue weighted by atomic mass is 10.1. The predicted molar refractivity (Wildman–Crippen MR) is 90.0 cm³/mol. The molecule has 132 valence electrons. The van der Waals surface area contributed by atoms with Crippen LogP contribution < -0.4 is 10.5 Å². The molecule has 0 saturated carbocycles. The number of rotatable bonds is 6. The lowest BCUT2D eigenvalue weighted by molar-refractivity contribution is -0.139. The van der Waals surface area contributed by atoms with Crippen molar-refractivity contribution in [2.24, 2.45) is 0 Å². The molecule has 0 radical (unpaired) electrons. The van der Waals surface area contributed by atoms with Crippen LogP contribution in [0.25, 0.3) is 0 Å². The van der Waals surface area contributed by atoms with Gasteiger partial charge in [0.25, 0.3) is 0 Å². The van der Waals surface area contributed by atoms with Crippen LogP contribution in [-0.4, -0.2) is 52.2 Å². The summed E-state index contributed by atoms with van der Waals surface area (Å²) in [6, 6.07) is 7.41. The van der Waals surface area contributed by atoms with Crippen molar-refractivity contribution in [3.8, 4) is 5.75 Å². The summed E-state index contributed by atoms with van der Waals surface area (Å²) >= 11 is 0. The topological polar surface area (TPSA) is 111 Å². The highest BCUT2D eigenvalue weighted by atomic mass is 16.5. The molecular formula is C17H20N4O4. The van der Waals surface area contributed by atoms with E-state index in [4.69, 9.17) is 20.3 Å². The van der Waals surface area contributed by atoms with Crippen LogP contribution in [0.2, 0.25) is 0 Å². The average Bonchev–Trinajstić information content (AvgIpc) is 2.62. The minimum absolute atomic E-state index is 0.194. The van der Waals surface area contributed by atoms with Crippen LogP contribution in [-0.2, 0) is 16.1 Å². The van der Waals surface area contributed by atoms with Crippen molar-refractivity contribution in [1.29, 1.82) is 0 Å². The van der Waals surface area contributed by atoms with Gasteiger partial charge in [-0.25, -0.2) is 9.78 Å². The van der Waals surface area contributed by atoms with Gasteiger partial charge in [0.1, 0.15) is 23.4 Å². The van der Waals surface area contributed by atoms with E-state index < -0.39 is 5.97 Å². The lowest BCUT2D eigenvalue weighted by Gasteiger charge is -2.32. The van der Waals surface area contributed by atoms with E-state index in [1.165, 1.54) is 0 Å². The third kappa shape index (κ3) is 4.65. The van der Waals surface area contributed by atoms with Gasteiger partial charge < -0.3 is 20.3 Å².